The molecule has 1 amide bonds. The van der Waals surface area contributed by atoms with E-state index >= 15 is 0 Å². The van der Waals surface area contributed by atoms with Gasteiger partial charge in [0.2, 0.25) is 0 Å². The van der Waals surface area contributed by atoms with Gasteiger partial charge in [-0.3, -0.25) is 14.6 Å². The summed E-state index contributed by atoms with van der Waals surface area (Å²) in [5.41, 5.74) is 0.782. The predicted molar refractivity (Wildman–Crippen MR) is 94.0 cm³/mol. The van der Waals surface area contributed by atoms with Crippen molar-refractivity contribution in [2.75, 3.05) is 44.3 Å². The Balaban J connectivity index is 1.68. The lowest BCUT2D eigenvalue weighted by Gasteiger charge is -2.41. The number of hydrogen-bond donors (Lipinski definition) is 1. The minimum atomic E-state index is -0.301. The standard InChI is InChI=1S/C16H21BrN4O2/c17-15-14(20-8-6-19(7-9-20)10-11-22)12-18-21(16(15)23)13-4-2-1-3-5-13/h1-5,12,14-15,22H,6-11H2. The fraction of sp³-hybridized carbons (Fsp3) is 0.500. The van der Waals surface area contributed by atoms with Gasteiger partial charge in [-0.1, -0.05) is 34.1 Å². The number of aliphatic hydroxyl groups is 1. The fourth-order valence-electron chi connectivity index (χ4n) is 3.00. The molecule has 2 heterocycles. The number of benzene rings is 1. The summed E-state index contributed by atoms with van der Waals surface area (Å²) in [6.07, 6.45) is 1.86. The van der Waals surface area contributed by atoms with Crippen LogP contribution in [-0.2, 0) is 4.79 Å². The van der Waals surface area contributed by atoms with Crippen LogP contribution in [-0.4, -0.2) is 77.2 Å². The molecular formula is C16H21BrN4O2. The Hall–Kier alpha value is -1.28. The summed E-state index contributed by atoms with van der Waals surface area (Å²) < 4.78 is 0. The van der Waals surface area contributed by atoms with Gasteiger partial charge in [-0.15, -0.1) is 0 Å². The first kappa shape index (κ1) is 16.6. The normalized spacial score (nSPS) is 26.7. The van der Waals surface area contributed by atoms with Gasteiger partial charge in [-0.25, -0.2) is 5.01 Å². The molecule has 6 nitrogen and oxygen atoms in total. The van der Waals surface area contributed by atoms with E-state index in [1.165, 1.54) is 5.01 Å². The molecule has 1 N–H and O–H groups in total. The van der Waals surface area contributed by atoms with Gasteiger partial charge in [0, 0.05) is 38.9 Å². The van der Waals surface area contributed by atoms with E-state index in [0.717, 1.165) is 31.9 Å². The number of alkyl halides is 1. The largest absolute Gasteiger partial charge is 0.395 e. The molecule has 0 aliphatic carbocycles. The van der Waals surface area contributed by atoms with Gasteiger partial charge < -0.3 is 5.11 Å². The van der Waals surface area contributed by atoms with E-state index in [0.29, 0.717) is 6.54 Å². The molecule has 1 aromatic carbocycles. The number of para-hydroxylation sites is 1. The van der Waals surface area contributed by atoms with E-state index in [1.807, 2.05) is 36.5 Å². The Morgan fingerprint density at radius 1 is 1.17 bits per heavy atom. The third-order valence-corrected chi connectivity index (χ3v) is 5.26. The summed E-state index contributed by atoms with van der Waals surface area (Å²) >= 11 is 3.56. The van der Waals surface area contributed by atoms with Crippen LogP contribution in [0.4, 0.5) is 5.69 Å². The highest BCUT2D eigenvalue weighted by Crippen LogP contribution is 2.24. The molecule has 0 bridgehead atoms. The Kier molecular flexibility index (Phi) is 5.42. The molecule has 0 aromatic heterocycles. The average Bonchev–Trinajstić information content (AvgIpc) is 2.59. The van der Waals surface area contributed by atoms with Crippen molar-refractivity contribution in [3.8, 4) is 0 Å². The quantitative estimate of drug-likeness (QED) is 0.783. The molecule has 2 aliphatic heterocycles. The maximum atomic E-state index is 12.6. The van der Waals surface area contributed by atoms with Crippen LogP contribution in [0.15, 0.2) is 35.4 Å². The van der Waals surface area contributed by atoms with Crippen molar-refractivity contribution in [1.29, 1.82) is 0 Å². The van der Waals surface area contributed by atoms with Gasteiger partial charge in [-0.2, -0.15) is 5.10 Å². The smallest absolute Gasteiger partial charge is 0.263 e. The summed E-state index contributed by atoms with van der Waals surface area (Å²) in [7, 11) is 0. The zero-order valence-electron chi connectivity index (χ0n) is 12.9. The molecule has 2 unspecified atom stereocenters. The van der Waals surface area contributed by atoms with Crippen molar-refractivity contribution >= 4 is 33.7 Å². The summed E-state index contributed by atoms with van der Waals surface area (Å²) in [6.45, 7) is 4.46. The number of β-amino-alcohol motifs (C(OH)–C–C–N with tert-alkyl or cyclic N) is 1. The summed E-state index contributed by atoms with van der Waals surface area (Å²) in [5.74, 6) is -0.0403. The number of piperazine rings is 1. The molecule has 0 saturated carbocycles. The number of aliphatic hydroxyl groups excluding tert-OH is 1. The number of halogens is 1. The lowest BCUT2D eigenvalue weighted by atomic mass is 10.1. The molecule has 2 aliphatic rings. The van der Waals surface area contributed by atoms with Crippen LogP contribution in [0.1, 0.15) is 0 Å². The van der Waals surface area contributed by atoms with E-state index < -0.39 is 0 Å². The fourth-order valence-corrected chi connectivity index (χ4v) is 3.66. The highest BCUT2D eigenvalue weighted by molar-refractivity contribution is 9.10. The first-order valence-electron chi connectivity index (χ1n) is 7.85. The lowest BCUT2D eigenvalue weighted by molar-refractivity contribution is -0.119. The van der Waals surface area contributed by atoms with Crippen molar-refractivity contribution in [1.82, 2.24) is 9.80 Å². The van der Waals surface area contributed by atoms with Gasteiger partial charge in [0.25, 0.3) is 5.91 Å². The van der Waals surface area contributed by atoms with E-state index in [1.54, 1.807) is 0 Å². The zero-order valence-corrected chi connectivity index (χ0v) is 14.5. The first-order valence-corrected chi connectivity index (χ1v) is 8.77. The third-order valence-electron chi connectivity index (χ3n) is 4.32. The van der Waals surface area contributed by atoms with Crippen LogP contribution in [0.5, 0.6) is 0 Å². The number of carbonyl (C=O) groups is 1. The molecule has 1 saturated heterocycles. The number of rotatable bonds is 4. The number of anilines is 1. The number of hydrazone groups is 1. The van der Waals surface area contributed by atoms with Crippen LogP contribution in [0.3, 0.4) is 0 Å². The highest BCUT2D eigenvalue weighted by Gasteiger charge is 2.37. The maximum Gasteiger partial charge on any atom is 0.263 e. The topological polar surface area (TPSA) is 59.4 Å². The van der Waals surface area contributed by atoms with Gasteiger partial charge >= 0.3 is 0 Å². The van der Waals surface area contributed by atoms with E-state index in [2.05, 4.69) is 30.8 Å². The van der Waals surface area contributed by atoms with Crippen LogP contribution >= 0.6 is 15.9 Å². The Bertz CT molecular complexity index is 560. The molecule has 1 fully saturated rings. The van der Waals surface area contributed by atoms with E-state index in [9.17, 15) is 4.79 Å². The predicted octanol–water partition coefficient (Wildman–Crippen LogP) is 0.761. The lowest BCUT2D eigenvalue weighted by Crippen LogP contribution is -2.58. The van der Waals surface area contributed by atoms with Crippen molar-refractivity contribution in [2.45, 2.75) is 10.9 Å². The zero-order chi connectivity index (χ0) is 16.2. The molecular weight excluding hydrogens is 360 g/mol. The van der Waals surface area contributed by atoms with Crippen LogP contribution in [0.2, 0.25) is 0 Å². The third kappa shape index (κ3) is 3.63. The molecule has 3 rings (SSSR count). The number of amides is 1. The van der Waals surface area contributed by atoms with Crippen molar-refractivity contribution in [3.05, 3.63) is 30.3 Å². The van der Waals surface area contributed by atoms with Crippen LogP contribution < -0.4 is 5.01 Å². The summed E-state index contributed by atoms with van der Waals surface area (Å²) in [5, 5.41) is 14.8. The van der Waals surface area contributed by atoms with E-state index in [4.69, 9.17) is 5.11 Å². The SMILES string of the molecule is O=C1C(Br)C(N2CCN(CCO)CC2)C=NN1c1ccccc1. The minimum Gasteiger partial charge on any atom is -0.395 e. The molecule has 2 atom stereocenters. The number of carbonyl (C=O) groups excluding carboxylic acids is 1. The van der Waals surface area contributed by atoms with E-state index in [-0.39, 0.29) is 23.4 Å². The average molecular weight is 381 g/mol. The molecule has 1 aromatic rings. The Morgan fingerprint density at radius 2 is 1.87 bits per heavy atom. The molecule has 124 valence electrons. The molecule has 23 heavy (non-hydrogen) atoms. The summed E-state index contributed by atoms with van der Waals surface area (Å²) in [4.78, 5) is 16.8. The second kappa shape index (κ2) is 7.53. The first-order chi connectivity index (χ1) is 11.2. The van der Waals surface area contributed by atoms with Gasteiger partial charge in [0.15, 0.2) is 0 Å². The van der Waals surface area contributed by atoms with Gasteiger partial charge in [0.1, 0.15) is 4.83 Å². The van der Waals surface area contributed by atoms with Crippen molar-refractivity contribution < 1.29 is 9.90 Å². The molecule has 7 heteroatoms. The highest BCUT2D eigenvalue weighted by atomic mass is 79.9. The second-order valence-electron chi connectivity index (χ2n) is 5.74. The molecule has 0 radical (unpaired) electrons. The van der Waals surface area contributed by atoms with Crippen LogP contribution in [0, 0.1) is 0 Å². The van der Waals surface area contributed by atoms with Crippen molar-refractivity contribution in [3.63, 3.8) is 0 Å². The maximum absolute atomic E-state index is 12.6. The Morgan fingerprint density at radius 3 is 2.52 bits per heavy atom. The van der Waals surface area contributed by atoms with Gasteiger partial charge in [0.05, 0.1) is 18.3 Å². The van der Waals surface area contributed by atoms with Crippen molar-refractivity contribution in [2.24, 2.45) is 5.10 Å². The van der Waals surface area contributed by atoms with Crippen LogP contribution in [0.25, 0.3) is 0 Å². The summed E-state index contributed by atoms with van der Waals surface area (Å²) in [6, 6.07) is 9.44. The number of hydrogen-bond acceptors (Lipinski definition) is 5. The molecule has 0 spiro atoms. The monoisotopic (exact) mass is 380 g/mol. The minimum absolute atomic E-state index is 0.0289. The van der Waals surface area contributed by atoms with Gasteiger partial charge in [-0.05, 0) is 12.1 Å². The number of nitrogens with zero attached hydrogens (tertiary/aromatic N) is 4. The Labute approximate surface area is 144 Å². The second-order valence-corrected chi connectivity index (χ2v) is 6.73.